The van der Waals surface area contributed by atoms with Crippen molar-refractivity contribution in [2.75, 3.05) is 11.9 Å². The average molecular weight is 433 g/mol. The highest BCUT2D eigenvalue weighted by Gasteiger charge is 2.08. The van der Waals surface area contributed by atoms with Crippen LogP contribution < -0.4 is 15.5 Å². The molecule has 2 rings (SSSR count). The molecular formula is C19H21BrN4O3. The molecule has 0 atom stereocenters. The summed E-state index contributed by atoms with van der Waals surface area (Å²) >= 11 is 3.38. The second-order valence-electron chi connectivity index (χ2n) is 6.05. The van der Waals surface area contributed by atoms with Crippen molar-refractivity contribution >= 4 is 39.3 Å². The van der Waals surface area contributed by atoms with Crippen molar-refractivity contribution in [2.45, 2.75) is 27.2 Å². The Hall–Kier alpha value is -2.74. The molecule has 2 amide bonds. The second kappa shape index (κ2) is 9.82. The maximum absolute atomic E-state index is 12.0. The molecule has 0 fully saturated rings. The Morgan fingerprint density at radius 3 is 2.59 bits per heavy atom. The lowest BCUT2D eigenvalue weighted by Gasteiger charge is -2.08. The third-order valence-electron chi connectivity index (χ3n) is 3.42. The Bertz CT molecular complexity index is 868. The number of aromatic nitrogens is 1. The quantitative estimate of drug-likeness (QED) is 0.518. The number of aryl methyl sites for hydroxylation is 2. The molecule has 0 saturated heterocycles. The summed E-state index contributed by atoms with van der Waals surface area (Å²) < 4.78 is 6.22. The minimum absolute atomic E-state index is 0.0419. The Morgan fingerprint density at radius 1 is 1.15 bits per heavy atom. The van der Waals surface area contributed by atoms with Gasteiger partial charge in [-0.25, -0.2) is 10.4 Å². The minimum Gasteiger partial charge on any atom is -0.483 e. The fraction of sp³-hybridized carbons (Fsp3) is 0.263. The lowest BCUT2D eigenvalue weighted by Crippen LogP contribution is -2.26. The van der Waals surface area contributed by atoms with Crippen molar-refractivity contribution < 1.29 is 14.3 Å². The van der Waals surface area contributed by atoms with Crippen molar-refractivity contribution in [1.82, 2.24) is 10.4 Å². The number of nitrogens with one attached hydrogen (secondary N) is 2. The zero-order valence-electron chi connectivity index (χ0n) is 15.4. The van der Waals surface area contributed by atoms with Gasteiger partial charge in [-0.3, -0.25) is 9.59 Å². The summed E-state index contributed by atoms with van der Waals surface area (Å²) in [4.78, 5) is 27.9. The van der Waals surface area contributed by atoms with Crippen LogP contribution in [0.3, 0.4) is 0 Å². The average Bonchev–Trinajstić information content (AvgIpc) is 2.59. The summed E-state index contributed by atoms with van der Waals surface area (Å²) in [6.07, 6.45) is 1.67. The number of amides is 2. The number of anilines is 1. The van der Waals surface area contributed by atoms with Crippen LogP contribution in [-0.2, 0) is 9.59 Å². The number of hydrogen-bond donors (Lipinski definition) is 2. The number of carbonyl (C=O) groups excluding carboxylic acids is 2. The minimum atomic E-state index is -0.414. The van der Waals surface area contributed by atoms with Gasteiger partial charge in [0, 0.05) is 11.9 Å². The maximum Gasteiger partial charge on any atom is 0.277 e. The molecule has 2 N–H and O–H groups in total. The van der Waals surface area contributed by atoms with Gasteiger partial charge in [0.05, 0.1) is 10.9 Å². The number of benzene rings is 1. The van der Waals surface area contributed by atoms with Crippen molar-refractivity contribution in [3.05, 3.63) is 52.1 Å². The summed E-state index contributed by atoms with van der Waals surface area (Å²) in [6, 6.07) is 9.19. The van der Waals surface area contributed by atoms with Crippen molar-refractivity contribution in [2.24, 2.45) is 5.10 Å². The van der Waals surface area contributed by atoms with Gasteiger partial charge in [0.2, 0.25) is 5.91 Å². The molecule has 0 saturated carbocycles. The van der Waals surface area contributed by atoms with Gasteiger partial charge in [0.25, 0.3) is 5.91 Å². The summed E-state index contributed by atoms with van der Waals surface area (Å²) in [5, 5.41) is 6.60. The fourth-order valence-corrected chi connectivity index (χ4v) is 2.73. The van der Waals surface area contributed by atoms with E-state index in [1.165, 1.54) is 0 Å². The zero-order valence-corrected chi connectivity index (χ0v) is 17.0. The largest absolute Gasteiger partial charge is 0.483 e. The predicted octanol–water partition coefficient (Wildman–Crippen LogP) is 3.36. The normalized spacial score (nSPS) is 11.0. The third kappa shape index (κ3) is 7.18. The van der Waals surface area contributed by atoms with Gasteiger partial charge >= 0.3 is 0 Å². The first kappa shape index (κ1) is 20.6. The first-order valence-electron chi connectivity index (χ1n) is 8.27. The molecule has 8 heteroatoms. The van der Waals surface area contributed by atoms with E-state index in [0.29, 0.717) is 17.3 Å². The molecule has 0 unspecified atom stereocenters. The van der Waals surface area contributed by atoms with Crippen molar-refractivity contribution in [3.8, 4) is 5.75 Å². The molecule has 0 bridgehead atoms. The van der Waals surface area contributed by atoms with Crippen LogP contribution in [0.5, 0.6) is 5.75 Å². The molecular weight excluding hydrogens is 412 g/mol. The van der Waals surface area contributed by atoms with Crippen LogP contribution >= 0.6 is 15.9 Å². The molecule has 27 heavy (non-hydrogen) atoms. The van der Waals surface area contributed by atoms with E-state index in [1.54, 1.807) is 25.3 Å². The van der Waals surface area contributed by atoms with Gasteiger partial charge in [0.1, 0.15) is 11.6 Å². The zero-order chi connectivity index (χ0) is 19.8. The molecule has 0 radical (unpaired) electrons. The molecule has 1 aromatic heterocycles. The maximum atomic E-state index is 12.0. The van der Waals surface area contributed by atoms with E-state index >= 15 is 0 Å². The van der Waals surface area contributed by atoms with E-state index in [1.807, 2.05) is 32.0 Å². The smallest absolute Gasteiger partial charge is 0.277 e. The highest BCUT2D eigenvalue weighted by Crippen LogP contribution is 2.25. The van der Waals surface area contributed by atoms with E-state index < -0.39 is 5.91 Å². The van der Waals surface area contributed by atoms with Crippen molar-refractivity contribution in [1.29, 1.82) is 0 Å². The molecule has 2 aromatic rings. The van der Waals surface area contributed by atoms with Gasteiger partial charge in [-0.15, -0.1) is 0 Å². The SMILES string of the molecule is C/C(CC(=O)Nc1cc(C)ccn1)=N\NC(=O)COc1ccc(C)cc1Br. The monoisotopic (exact) mass is 432 g/mol. The number of rotatable bonds is 7. The molecule has 0 spiro atoms. The molecule has 0 aliphatic heterocycles. The Morgan fingerprint density at radius 2 is 1.89 bits per heavy atom. The second-order valence-corrected chi connectivity index (χ2v) is 6.90. The van der Waals surface area contributed by atoms with E-state index in [2.05, 4.69) is 36.8 Å². The molecule has 1 heterocycles. The standard InChI is InChI=1S/C19H21BrN4O3/c1-12-4-5-16(15(20)8-12)27-11-19(26)24-23-14(3)10-18(25)22-17-9-13(2)6-7-21-17/h4-9H,10-11H2,1-3H3,(H,24,26)(H,21,22,25)/b23-14+. The number of nitrogens with zero attached hydrogens (tertiary/aromatic N) is 2. The number of ether oxygens (including phenoxy) is 1. The first-order valence-corrected chi connectivity index (χ1v) is 9.06. The van der Waals surface area contributed by atoms with E-state index in [9.17, 15) is 9.59 Å². The molecule has 0 aliphatic rings. The van der Waals surface area contributed by atoms with Crippen molar-refractivity contribution in [3.63, 3.8) is 0 Å². The number of pyridine rings is 1. The van der Waals surface area contributed by atoms with E-state index in [-0.39, 0.29) is 18.9 Å². The van der Waals surface area contributed by atoms with Crippen LogP contribution in [0.2, 0.25) is 0 Å². The predicted molar refractivity (Wildman–Crippen MR) is 108 cm³/mol. The Labute approximate surface area is 166 Å². The van der Waals surface area contributed by atoms with Crippen LogP contribution in [-0.4, -0.2) is 29.1 Å². The topological polar surface area (TPSA) is 92.7 Å². The van der Waals surface area contributed by atoms with Gasteiger partial charge in [-0.05, 0) is 72.1 Å². The number of hydrogen-bond acceptors (Lipinski definition) is 5. The van der Waals surface area contributed by atoms with Crippen LogP contribution in [0.4, 0.5) is 5.82 Å². The Balaban J connectivity index is 1.78. The van der Waals surface area contributed by atoms with Gasteiger partial charge in [-0.2, -0.15) is 5.10 Å². The van der Waals surface area contributed by atoms with Crippen LogP contribution in [0, 0.1) is 13.8 Å². The fourth-order valence-electron chi connectivity index (χ4n) is 2.12. The summed E-state index contributed by atoms with van der Waals surface area (Å²) in [5.74, 6) is 0.376. The van der Waals surface area contributed by atoms with E-state index in [0.717, 1.165) is 15.6 Å². The van der Waals surface area contributed by atoms with Gasteiger partial charge in [-0.1, -0.05) is 6.07 Å². The molecule has 1 aromatic carbocycles. The van der Waals surface area contributed by atoms with Gasteiger partial charge < -0.3 is 10.1 Å². The molecule has 0 aliphatic carbocycles. The summed E-state index contributed by atoms with van der Waals surface area (Å²) in [7, 11) is 0. The summed E-state index contributed by atoms with van der Waals surface area (Å²) in [6.45, 7) is 5.35. The van der Waals surface area contributed by atoms with Crippen LogP contribution in [0.15, 0.2) is 46.1 Å². The lowest BCUT2D eigenvalue weighted by molar-refractivity contribution is -0.123. The lowest BCUT2D eigenvalue weighted by atomic mass is 10.2. The van der Waals surface area contributed by atoms with Crippen LogP contribution in [0.1, 0.15) is 24.5 Å². The number of hydrazone groups is 1. The number of carbonyl (C=O) groups is 2. The first-order chi connectivity index (χ1) is 12.8. The van der Waals surface area contributed by atoms with Gasteiger partial charge in [0.15, 0.2) is 6.61 Å². The van der Waals surface area contributed by atoms with Crippen LogP contribution in [0.25, 0.3) is 0 Å². The molecule has 7 nitrogen and oxygen atoms in total. The van der Waals surface area contributed by atoms with E-state index in [4.69, 9.17) is 4.74 Å². The Kier molecular flexibility index (Phi) is 7.48. The highest BCUT2D eigenvalue weighted by atomic mass is 79.9. The highest BCUT2D eigenvalue weighted by molar-refractivity contribution is 9.10. The summed E-state index contributed by atoms with van der Waals surface area (Å²) in [5.41, 5.74) is 4.92. The molecule has 142 valence electrons. The number of halogens is 1. The third-order valence-corrected chi connectivity index (χ3v) is 4.04.